The summed E-state index contributed by atoms with van der Waals surface area (Å²) < 4.78 is 40.7. The smallest absolute Gasteiger partial charge is 0.347 e. The van der Waals surface area contributed by atoms with Crippen LogP contribution in [0.15, 0.2) is 36.5 Å². The minimum atomic E-state index is -4.41. The van der Waals surface area contributed by atoms with E-state index in [0.717, 1.165) is 40.3 Å². The van der Waals surface area contributed by atoms with Crippen LogP contribution < -0.4 is 11.1 Å². The van der Waals surface area contributed by atoms with Gasteiger partial charge in [-0.1, -0.05) is 25.1 Å². The highest BCUT2D eigenvalue weighted by atomic mass is 32.1. The second kappa shape index (κ2) is 9.23. The maximum atomic E-state index is 13.0. The van der Waals surface area contributed by atoms with Gasteiger partial charge in [0.05, 0.1) is 22.3 Å². The van der Waals surface area contributed by atoms with E-state index in [2.05, 4.69) is 10.4 Å². The van der Waals surface area contributed by atoms with E-state index < -0.39 is 17.8 Å². The number of hydrogen-bond acceptors (Lipinski definition) is 4. The number of carbonyl (C=O) groups excluding carboxylic acids is 1. The van der Waals surface area contributed by atoms with Gasteiger partial charge < -0.3 is 11.1 Å². The molecular weight excluding hydrogens is 425 g/mol. The minimum absolute atomic E-state index is 0.113. The number of aromatic nitrogens is 2. The summed E-state index contributed by atoms with van der Waals surface area (Å²) in [6, 6.07) is 6.46. The van der Waals surface area contributed by atoms with E-state index in [1.54, 1.807) is 16.9 Å². The standard InChI is InChI=1S/C22H25F3N4OS/c1-4-18-17(20-13(2)12-27-29(20)3)10-19(31-18)21(30)28-16(11-26)9-14-6-5-7-15(8-14)22(23,24)25/h5-8,10,12,16H,4,9,11,26H2,1-3H3,(H,28,30). The van der Waals surface area contributed by atoms with Crippen molar-refractivity contribution in [3.63, 3.8) is 0 Å². The van der Waals surface area contributed by atoms with E-state index >= 15 is 0 Å². The fraction of sp³-hybridized carbons (Fsp3) is 0.364. The molecule has 0 spiro atoms. The second-order valence-corrected chi connectivity index (χ2v) is 8.55. The highest BCUT2D eigenvalue weighted by Crippen LogP contribution is 2.34. The van der Waals surface area contributed by atoms with Crippen molar-refractivity contribution in [2.24, 2.45) is 12.8 Å². The van der Waals surface area contributed by atoms with Crippen LogP contribution in [0.3, 0.4) is 0 Å². The number of rotatable bonds is 7. The average molecular weight is 451 g/mol. The van der Waals surface area contributed by atoms with Crippen LogP contribution in [0.5, 0.6) is 0 Å². The Morgan fingerprint density at radius 2 is 2.06 bits per heavy atom. The molecule has 0 aliphatic carbocycles. The van der Waals surface area contributed by atoms with Crippen molar-refractivity contribution < 1.29 is 18.0 Å². The average Bonchev–Trinajstić information content (AvgIpc) is 3.29. The first-order valence-corrected chi connectivity index (χ1v) is 10.7. The third-order valence-electron chi connectivity index (χ3n) is 5.09. The van der Waals surface area contributed by atoms with Crippen LogP contribution in [-0.2, 0) is 26.1 Å². The van der Waals surface area contributed by atoms with Crippen LogP contribution in [0.25, 0.3) is 11.3 Å². The summed E-state index contributed by atoms with van der Waals surface area (Å²) in [5, 5.41) is 7.15. The molecule has 0 aliphatic rings. The Bertz CT molecular complexity index is 1050. The van der Waals surface area contributed by atoms with Crippen molar-refractivity contribution in [2.75, 3.05) is 6.54 Å². The number of amides is 1. The molecule has 0 aliphatic heterocycles. The lowest BCUT2D eigenvalue weighted by Crippen LogP contribution is -2.41. The molecule has 1 atom stereocenters. The molecule has 3 rings (SSSR count). The zero-order valence-electron chi connectivity index (χ0n) is 17.6. The number of benzene rings is 1. The van der Waals surface area contributed by atoms with Gasteiger partial charge in [0.1, 0.15) is 0 Å². The number of carbonyl (C=O) groups is 1. The Labute approximate surface area is 183 Å². The van der Waals surface area contributed by atoms with Crippen LogP contribution >= 0.6 is 11.3 Å². The summed E-state index contributed by atoms with van der Waals surface area (Å²) in [5.74, 6) is -0.284. The monoisotopic (exact) mass is 450 g/mol. The molecule has 166 valence electrons. The van der Waals surface area contributed by atoms with Crippen LogP contribution in [0.4, 0.5) is 13.2 Å². The molecule has 1 unspecified atom stereocenters. The Kier molecular flexibility index (Phi) is 6.86. The summed E-state index contributed by atoms with van der Waals surface area (Å²) in [6.45, 7) is 4.11. The number of thiophene rings is 1. The van der Waals surface area contributed by atoms with Gasteiger partial charge in [-0.05, 0) is 43.0 Å². The van der Waals surface area contributed by atoms with Gasteiger partial charge in [-0.3, -0.25) is 9.48 Å². The molecule has 9 heteroatoms. The third-order valence-corrected chi connectivity index (χ3v) is 6.37. The van der Waals surface area contributed by atoms with Crippen molar-refractivity contribution in [3.8, 4) is 11.3 Å². The van der Waals surface area contributed by atoms with Crippen molar-refractivity contribution >= 4 is 17.2 Å². The van der Waals surface area contributed by atoms with Gasteiger partial charge in [-0.15, -0.1) is 11.3 Å². The van der Waals surface area contributed by atoms with Gasteiger partial charge in [0, 0.05) is 30.1 Å². The zero-order chi connectivity index (χ0) is 22.8. The maximum Gasteiger partial charge on any atom is 0.416 e. The Hall–Kier alpha value is -2.65. The molecule has 0 saturated heterocycles. The van der Waals surface area contributed by atoms with E-state index in [1.807, 2.05) is 27.0 Å². The predicted molar refractivity (Wildman–Crippen MR) is 116 cm³/mol. The van der Waals surface area contributed by atoms with Gasteiger partial charge in [-0.25, -0.2) is 0 Å². The predicted octanol–water partition coefficient (Wildman–Crippen LogP) is 4.34. The van der Waals surface area contributed by atoms with E-state index in [1.165, 1.54) is 17.4 Å². The highest BCUT2D eigenvalue weighted by Gasteiger charge is 2.30. The molecular formula is C22H25F3N4OS. The van der Waals surface area contributed by atoms with E-state index in [9.17, 15) is 18.0 Å². The van der Waals surface area contributed by atoms with E-state index in [-0.39, 0.29) is 18.9 Å². The first-order valence-electron chi connectivity index (χ1n) is 9.92. The van der Waals surface area contributed by atoms with Gasteiger partial charge in [0.15, 0.2) is 0 Å². The number of aryl methyl sites for hydroxylation is 3. The second-order valence-electron chi connectivity index (χ2n) is 7.41. The van der Waals surface area contributed by atoms with Crippen LogP contribution in [0.1, 0.15) is 38.2 Å². The molecule has 0 saturated carbocycles. The Morgan fingerprint density at radius 1 is 1.32 bits per heavy atom. The largest absolute Gasteiger partial charge is 0.416 e. The molecule has 3 aromatic rings. The maximum absolute atomic E-state index is 13.0. The number of nitrogens with zero attached hydrogens (tertiary/aromatic N) is 2. The zero-order valence-corrected chi connectivity index (χ0v) is 18.4. The van der Waals surface area contributed by atoms with Crippen molar-refractivity contribution in [3.05, 3.63) is 63.0 Å². The fourth-order valence-corrected chi connectivity index (χ4v) is 4.55. The van der Waals surface area contributed by atoms with E-state index in [4.69, 9.17) is 5.73 Å². The number of hydrogen-bond donors (Lipinski definition) is 2. The van der Waals surface area contributed by atoms with Gasteiger partial charge >= 0.3 is 6.18 Å². The normalized spacial score (nSPS) is 12.7. The number of nitrogens with two attached hydrogens (primary N) is 1. The molecule has 2 heterocycles. The number of halogens is 3. The summed E-state index contributed by atoms with van der Waals surface area (Å²) in [4.78, 5) is 14.5. The molecule has 1 aromatic carbocycles. The minimum Gasteiger partial charge on any atom is -0.347 e. The topological polar surface area (TPSA) is 72.9 Å². The lowest BCUT2D eigenvalue weighted by atomic mass is 10.0. The summed E-state index contributed by atoms with van der Waals surface area (Å²) in [6.07, 6.45) is -1.65. The number of nitrogens with one attached hydrogen (secondary N) is 1. The Morgan fingerprint density at radius 3 is 2.65 bits per heavy atom. The fourth-order valence-electron chi connectivity index (χ4n) is 3.55. The molecule has 0 radical (unpaired) electrons. The molecule has 0 bridgehead atoms. The first kappa shape index (κ1) is 23.0. The summed E-state index contributed by atoms with van der Waals surface area (Å²) in [7, 11) is 1.86. The molecule has 0 fully saturated rings. The molecule has 2 aromatic heterocycles. The third kappa shape index (κ3) is 5.16. The number of alkyl halides is 3. The molecule has 31 heavy (non-hydrogen) atoms. The Balaban J connectivity index is 1.79. The summed E-state index contributed by atoms with van der Waals surface area (Å²) >= 11 is 1.41. The van der Waals surface area contributed by atoms with Gasteiger partial charge in [0.25, 0.3) is 5.91 Å². The van der Waals surface area contributed by atoms with E-state index in [0.29, 0.717) is 10.4 Å². The molecule has 1 amide bonds. The van der Waals surface area contributed by atoms with Crippen molar-refractivity contribution in [2.45, 2.75) is 38.9 Å². The van der Waals surface area contributed by atoms with Crippen LogP contribution in [0, 0.1) is 6.92 Å². The van der Waals surface area contributed by atoms with Crippen molar-refractivity contribution in [1.82, 2.24) is 15.1 Å². The molecule has 5 nitrogen and oxygen atoms in total. The quantitative estimate of drug-likeness (QED) is 0.563. The molecule has 3 N–H and O–H groups in total. The van der Waals surface area contributed by atoms with Gasteiger partial charge in [-0.2, -0.15) is 18.3 Å². The lowest BCUT2D eigenvalue weighted by Gasteiger charge is -2.17. The van der Waals surface area contributed by atoms with Crippen LogP contribution in [0.2, 0.25) is 0 Å². The van der Waals surface area contributed by atoms with Gasteiger partial charge in [0.2, 0.25) is 0 Å². The van der Waals surface area contributed by atoms with Crippen LogP contribution in [-0.4, -0.2) is 28.3 Å². The summed E-state index contributed by atoms with van der Waals surface area (Å²) in [5.41, 5.74) is 8.51. The SMILES string of the molecule is CCc1sc(C(=O)NC(CN)Cc2cccc(C(F)(F)F)c2)cc1-c1c(C)cnn1C. The van der Waals surface area contributed by atoms with Crippen molar-refractivity contribution in [1.29, 1.82) is 0 Å². The lowest BCUT2D eigenvalue weighted by molar-refractivity contribution is -0.137. The highest BCUT2D eigenvalue weighted by molar-refractivity contribution is 7.14. The first-order chi connectivity index (χ1) is 14.6.